The van der Waals surface area contributed by atoms with E-state index in [4.69, 9.17) is 0 Å². The van der Waals surface area contributed by atoms with Gasteiger partial charge in [-0.1, -0.05) is 35.9 Å². The van der Waals surface area contributed by atoms with Gasteiger partial charge in [-0.3, -0.25) is 4.79 Å². The van der Waals surface area contributed by atoms with E-state index in [-0.39, 0.29) is 5.91 Å². The summed E-state index contributed by atoms with van der Waals surface area (Å²) in [5, 5.41) is 8.11. The molecule has 29 heavy (non-hydrogen) atoms. The summed E-state index contributed by atoms with van der Waals surface area (Å²) in [5.41, 5.74) is 6.25. The van der Waals surface area contributed by atoms with E-state index in [0.717, 1.165) is 27.5 Å². The molecule has 4 rings (SSSR count). The van der Waals surface area contributed by atoms with Gasteiger partial charge in [0.2, 0.25) is 0 Å². The lowest BCUT2D eigenvalue weighted by molar-refractivity contribution is 0.0954. The van der Waals surface area contributed by atoms with E-state index in [1.165, 1.54) is 22.5 Å². The van der Waals surface area contributed by atoms with Gasteiger partial charge in [0.1, 0.15) is 9.88 Å². The Hall–Kier alpha value is -3.25. The topological polar surface area (TPSA) is 59.8 Å². The molecule has 2 heterocycles. The van der Waals surface area contributed by atoms with E-state index < -0.39 is 0 Å². The van der Waals surface area contributed by atoms with Crippen molar-refractivity contribution in [1.29, 1.82) is 0 Å². The summed E-state index contributed by atoms with van der Waals surface area (Å²) in [6.07, 6.45) is 3.65. The summed E-state index contributed by atoms with van der Waals surface area (Å²) < 4.78 is 1.80. The number of hydrogen-bond donors (Lipinski definition) is 1. The van der Waals surface area contributed by atoms with Crippen molar-refractivity contribution in [3.8, 4) is 16.3 Å². The molecule has 146 valence electrons. The quantitative estimate of drug-likeness (QED) is 0.519. The van der Waals surface area contributed by atoms with Crippen LogP contribution in [-0.2, 0) is 6.54 Å². The third-order valence-electron chi connectivity index (χ3n) is 4.77. The fourth-order valence-corrected chi connectivity index (χ4v) is 4.30. The Kier molecular flexibility index (Phi) is 5.27. The van der Waals surface area contributed by atoms with Gasteiger partial charge >= 0.3 is 0 Å². The van der Waals surface area contributed by atoms with Crippen LogP contribution in [0.3, 0.4) is 0 Å². The number of amides is 1. The van der Waals surface area contributed by atoms with Gasteiger partial charge in [-0.25, -0.2) is 9.67 Å². The van der Waals surface area contributed by atoms with Gasteiger partial charge in [0.15, 0.2) is 0 Å². The molecule has 0 aliphatic carbocycles. The molecular weight excluding hydrogens is 380 g/mol. The molecule has 0 bridgehead atoms. The normalized spacial score (nSPS) is 10.9. The molecule has 4 aromatic rings. The van der Waals surface area contributed by atoms with Gasteiger partial charge in [-0.15, -0.1) is 11.3 Å². The number of nitrogens with zero attached hydrogens (tertiary/aromatic N) is 3. The van der Waals surface area contributed by atoms with Crippen LogP contribution in [0, 0.1) is 20.8 Å². The molecule has 0 aliphatic heterocycles. The highest BCUT2D eigenvalue weighted by atomic mass is 32.1. The monoisotopic (exact) mass is 402 g/mol. The Morgan fingerprint density at radius 2 is 1.90 bits per heavy atom. The van der Waals surface area contributed by atoms with Crippen molar-refractivity contribution in [2.75, 3.05) is 0 Å². The maximum Gasteiger partial charge on any atom is 0.263 e. The molecule has 1 N–H and O–H groups in total. The molecule has 0 spiro atoms. The number of thiazole rings is 1. The van der Waals surface area contributed by atoms with Crippen molar-refractivity contribution < 1.29 is 4.79 Å². The molecule has 0 radical (unpaired) electrons. The number of rotatable bonds is 5. The van der Waals surface area contributed by atoms with Crippen molar-refractivity contribution in [2.45, 2.75) is 27.3 Å². The summed E-state index contributed by atoms with van der Waals surface area (Å²) in [4.78, 5) is 18.0. The average Bonchev–Trinajstić information content (AvgIpc) is 3.37. The van der Waals surface area contributed by atoms with Gasteiger partial charge in [-0.2, -0.15) is 5.10 Å². The average molecular weight is 403 g/mol. The molecule has 0 unspecified atom stereocenters. The first-order valence-corrected chi connectivity index (χ1v) is 10.2. The number of nitrogens with one attached hydrogen (secondary N) is 1. The van der Waals surface area contributed by atoms with Crippen molar-refractivity contribution >= 4 is 17.2 Å². The maximum atomic E-state index is 12.7. The smallest absolute Gasteiger partial charge is 0.263 e. The Labute approximate surface area is 174 Å². The molecule has 0 fully saturated rings. The third-order valence-corrected chi connectivity index (χ3v) is 5.96. The highest BCUT2D eigenvalue weighted by Gasteiger charge is 2.17. The standard InChI is InChI=1S/C23H22N4OS/c1-15-5-10-20(16(2)13-15)23-26-17(3)21(29-23)22(28)24-14-18-6-8-19(9-7-18)27-12-4-11-25-27/h4-13H,14H2,1-3H3,(H,24,28). The van der Waals surface area contributed by atoms with Crippen LogP contribution < -0.4 is 5.32 Å². The number of aromatic nitrogens is 3. The lowest BCUT2D eigenvalue weighted by atomic mass is 10.1. The summed E-state index contributed by atoms with van der Waals surface area (Å²) in [6.45, 7) is 6.50. The number of carbonyl (C=O) groups excluding carboxylic acids is 1. The van der Waals surface area contributed by atoms with Crippen molar-refractivity contribution in [1.82, 2.24) is 20.1 Å². The summed E-state index contributed by atoms with van der Waals surface area (Å²) in [7, 11) is 0. The Morgan fingerprint density at radius 1 is 1.10 bits per heavy atom. The van der Waals surface area contributed by atoms with Gasteiger partial charge in [0, 0.05) is 24.5 Å². The minimum atomic E-state index is -0.0906. The second-order valence-corrected chi connectivity index (χ2v) is 8.05. The Morgan fingerprint density at radius 3 is 2.59 bits per heavy atom. The fourth-order valence-electron chi connectivity index (χ4n) is 3.23. The first-order valence-electron chi connectivity index (χ1n) is 9.43. The molecule has 1 amide bonds. The largest absolute Gasteiger partial charge is 0.347 e. The SMILES string of the molecule is Cc1ccc(-c2nc(C)c(C(=O)NCc3ccc(-n4cccn4)cc3)s2)c(C)c1. The Balaban J connectivity index is 1.45. The zero-order chi connectivity index (χ0) is 20.4. The summed E-state index contributed by atoms with van der Waals surface area (Å²) >= 11 is 1.44. The molecule has 6 heteroatoms. The first kappa shape index (κ1) is 19.1. The van der Waals surface area contributed by atoms with Crippen LogP contribution >= 0.6 is 11.3 Å². The highest BCUT2D eigenvalue weighted by molar-refractivity contribution is 7.17. The lowest BCUT2D eigenvalue weighted by Crippen LogP contribution is -2.22. The van der Waals surface area contributed by atoms with Crippen molar-refractivity contribution in [3.05, 3.63) is 88.2 Å². The van der Waals surface area contributed by atoms with Crippen molar-refractivity contribution in [2.24, 2.45) is 0 Å². The van der Waals surface area contributed by atoms with E-state index >= 15 is 0 Å². The Bertz CT molecular complexity index is 1140. The van der Waals surface area contributed by atoms with E-state index in [9.17, 15) is 4.79 Å². The van der Waals surface area contributed by atoms with Crippen LogP contribution in [0.15, 0.2) is 60.9 Å². The second-order valence-electron chi connectivity index (χ2n) is 7.05. The van der Waals surface area contributed by atoms with Gasteiger partial charge < -0.3 is 5.32 Å². The number of carbonyl (C=O) groups is 1. The minimum Gasteiger partial charge on any atom is -0.347 e. The van der Waals surface area contributed by atoms with E-state index in [2.05, 4.69) is 47.4 Å². The predicted molar refractivity (Wildman–Crippen MR) is 116 cm³/mol. The fraction of sp³-hybridized carbons (Fsp3) is 0.174. The molecule has 2 aromatic heterocycles. The van der Waals surface area contributed by atoms with E-state index in [1.807, 2.05) is 43.5 Å². The molecule has 5 nitrogen and oxygen atoms in total. The highest BCUT2D eigenvalue weighted by Crippen LogP contribution is 2.30. The molecule has 0 saturated heterocycles. The van der Waals surface area contributed by atoms with Crippen LogP contribution in [-0.4, -0.2) is 20.7 Å². The molecule has 0 atom stereocenters. The zero-order valence-corrected chi connectivity index (χ0v) is 17.5. The lowest BCUT2D eigenvalue weighted by Gasteiger charge is -2.06. The molecule has 0 saturated carbocycles. The summed E-state index contributed by atoms with van der Waals surface area (Å²) in [5.74, 6) is -0.0906. The van der Waals surface area contributed by atoms with Crippen LogP contribution in [0.4, 0.5) is 0 Å². The van der Waals surface area contributed by atoms with Gasteiger partial charge in [-0.05, 0) is 50.1 Å². The molecule has 2 aromatic carbocycles. The number of hydrogen-bond acceptors (Lipinski definition) is 4. The second kappa shape index (κ2) is 8.01. The van der Waals surface area contributed by atoms with Crippen LogP contribution in [0.1, 0.15) is 32.1 Å². The van der Waals surface area contributed by atoms with Crippen molar-refractivity contribution in [3.63, 3.8) is 0 Å². The van der Waals surface area contributed by atoms with Gasteiger partial charge in [0.25, 0.3) is 5.91 Å². The maximum absolute atomic E-state index is 12.7. The first-order chi connectivity index (χ1) is 14.0. The minimum absolute atomic E-state index is 0.0906. The number of aryl methyl sites for hydroxylation is 3. The van der Waals surface area contributed by atoms with Gasteiger partial charge in [0.05, 0.1) is 11.4 Å². The summed E-state index contributed by atoms with van der Waals surface area (Å²) in [6, 6.07) is 16.2. The molecule has 0 aliphatic rings. The number of benzene rings is 2. The predicted octanol–water partition coefficient (Wildman–Crippen LogP) is 4.85. The third kappa shape index (κ3) is 4.12. The zero-order valence-electron chi connectivity index (χ0n) is 16.6. The van der Waals surface area contributed by atoms with E-state index in [0.29, 0.717) is 11.4 Å². The van der Waals surface area contributed by atoms with Crippen LogP contribution in [0.2, 0.25) is 0 Å². The van der Waals surface area contributed by atoms with E-state index in [1.54, 1.807) is 10.9 Å². The van der Waals surface area contributed by atoms with Crippen LogP contribution in [0.25, 0.3) is 16.3 Å². The molecular formula is C23H22N4OS. The van der Waals surface area contributed by atoms with Crippen LogP contribution in [0.5, 0.6) is 0 Å².